The molecular weight excluding hydrogens is 524 g/mol. The van der Waals surface area contributed by atoms with Crippen molar-refractivity contribution in [3.8, 4) is 39.4 Å². The average Bonchev–Trinajstić information content (AvgIpc) is 3.70. The van der Waals surface area contributed by atoms with Gasteiger partial charge in [-0.3, -0.25) is 0 Å². The van der Waals surface area contributed by atoms with E-state index in [2.05, 4.69) is 133 Å². The molecule has 6 aromatic carbocycles. The largest absolute Gasteiger partial charge is 0.436 e. The van der Waals surface area contributed by atoms with E-state index in [0.29, 0.717) is 5.89 Å². The van der Waals surface area contributed by atoms with Crippen molar-refractivity contribution in [1.82, 2.24) is 9.55 Å². The van der Waals surface area contributed by atoms with Gasteiger partial charge in [-0.2, -0.15) is 0 Å². The number of benzene rings is 6. The Morgan fingerprint density at radius 2 is 1.23 bits per heavy atom. The predicted octanol–water partition coefficient (Wildman–Crippen LogP) is 10.6. The van der Waals surface area contributed by atoms with E-state index in [-0.39, 0.29) is 5.41 Å². The number of oxazole rings is 1. The standard InChI is InChI=1S/C40H28N2O/c1-40(2)33-11-5-3-9-29(33)30-21-17-27(24-34(30)40)26-18-22-37-32(23-26)31-10-4-7-13-36(31)42(37)28-19-15-25(16-20-28)39-41-35-12-6-8-14-38(35)43-39/h3-24H,1-2H3. The number of hydrogen-bond acceptors (Lipinski definition) is 2. The number of aromatic nitrogens is 2. The summed E-state index contributed by atoms with van der Waals surface area (Å²) in [4.78, 5) is 4.68. The Balaban J connectivity index is 1.15. The average molecular weight is 553 g/mol. The van der Waals surface area contributed by atoms with E-state index in [9.17, 15) is 0 Å². The Hall–Kier alpha value is -5.41. The molecule has 1 aliphatic carbocycles. The molecule has 0 fully saturated rings. The van der Waals surface area contributed by atoms with Gasteiger partial charge in [0.1, 0.15) is 5.52 Å². The van der Waals surface area contributed by atoms with Crippen LogP contribution in [0.5, 0.6) is 0 Å². The summed E-state index contributed by atoms with van der Waals surface area (Å²) in [5, 5.41) is 2.50. The highest BCUT2D eigenvalue weighted by Crippen LogP contribution is 2.49. The molecule has 2 aromatic heterocycles. The number of hydrogen-bond donors (Lipinski definition) is 0. The lowest BCUT2D eigenvalue weighted by molar-refractivity contribution is 0.620. The zero-order valence-corrected chi connectivity index (χ0v) is 24.0. The minimum absolute atomic E-state index is 0.0217. The second kappa shape index (κ2) is 8.80. The molecule has 0 aliphatic heterocycles. The van der Waals surface area contributed by atoms with Gasteiger partial charge >= 0.3 is 0 Å². The highest BCUT2D eigenvalue weighted by molar-refractivity contribution is 6.10. The van der Waals surface area contributed by atoms with E-state index >= 15 is 0 Å². The summed E-state index contributed by atoms with van der Waals surface area (Å²) in [6.45, 7) is 4.68. The summed E-state index contributed by atoms with van der Waals surface area (Å²) >= 11 is 0. The summed E-state index contributed by atoms with van der Waals surface area (Å²) in [5.74, 6) is 0.639. The fraction of sp³-hybridized carbons (Fsp3) is 0.0750. The normalized spacial score (nSPS) is 13.5. The zero-order valence-electron chi connectivity index (χ0n) is 24.0. The zero-order chi connectivity index (χ0) is 28.7. The highest BCUT2D eigenvalue weighted by Gasteiger charge is 2.35. The molecule has 0 atom stereocenters. The first kappa shape index (κ1) is 24.2. The van der Waals surface area contributed by atoms with Gasteiger partial charge in [-0.1, -0.05) is 86.6 Å². The molecule has 0 N–H and O–H groups in total. The SMILES string of the molecule is CC1(C)c2ccccc2-c2ccc(-c3ccc4c(c3)c3ccccc3n4-c3ccc(-c4nc5ccccc5o4)cc3)cc21. The molecule has 1 aliphatic rings. The van der Waals surface area contributed by atoms with Crippen molar-refractivity contribution in [2.75, 3.05) is 0 Å². The number of nitrogens with zero attached hydrogens (tertiary/aromatic N) is 2. The maximum Gasteiger partial charge on any atom is 0.227 e. The Labute approximate surface area is 249 Å². The summed E-state index contributed by atoms with van der Waals surface area (Å²) in [6, 6.07) is 47.8. The van der Waals surface area contributed by atoms with Gasteiger partial charge in [0.05, 0.1) is 11.0 Å². The van der Waals surface area contributed by atoms with Gasteiger partial charge in [-0.25, -0.2) is 4.98 Å². The van der Waals surface area contributed by atoms with Gasteiger partial charge < -0.3 is 8.98 Å². The first-order chi connectivity index (χ1) is 21.1. The van der Waals surface area contributed by atoms with Crippen molar-refractivity contribution < 1.29 is 4.42 Å². The van der Waals surface area contributed by atoms with Crippen LogP contribution in [0.2, 0.25) is 0 Å². The summed E-state index contributed by atoms with van der Waals surface area (Å²) in [5.41, 5.74) is 14.1. The monoisotopic (exact) mass is 552 g/mol. The molecule has 0 bridgehead atoms. The molecular formula is C40H28N2O. The maximum absolute atomic E-state index is 6.02. The van der Waals surface area contributed by atoms with Gasteiger partial charge in [0.25, 0.3) is 0 Å². The van der Waals surface area contributed by atoms with Crippen molar-refractivity contribution >= 4 is 32.9 Å². The van der Waals surface area contributed by atoms with Gasteiger partial charge in [0.15, 0.2) is 5.58 Å². The third kappa shape index (κ3) is 3.52. The second-order valence-electron chi connectivity index (χ2n) is 12.0. The topological polar surface area (TPSA) is 31.0 Å². The molecule has 43 heavy (non-hydrogen) atoms. The predicted molar refractivity (Wildman–Crippen MR) is 177 cm³/mol. The molecule has 2 heterocycles. The van der Waals surface area contributed by atoms with E-state index in [1.165, 1.54) is 55.2 Å². The molecule has 0 radical (unpaired) electrons. The van der Waals surface area contributed by atoms with E-state index < -0.39 is 0 Å². The van der Waals surface area contributed by atoms with Crippen LogP contribution in [0.15, 0.2) is 138 Å². The van der Waals surface area contributed by atoms with E-state index in [0.717, 1.165) is 22.4 Å². The quantitative estimate of drug-likeness (QED) is 0.218. The minimum Gasteiger partial charge on any atom is -0.436 e. The van der Waals surface area contributed by atoms with Crippen molar-refractivity contribution in [3.63, 3.8) is 0 Å². The van der Waals surface area contributed by atoms with Crippen LogP contribution in [-0.2, 0) is 5.41 Å². The Morgan fingerprint density at radius 3 is 2.12 bits per heavy atom. The van der Waals surface area contributed by atoms with Crippen LogP contribution in [0.4, 0.5) is 0 Å². The molecule has 204 valence electrons. The first-order valence-corrected chi connectivity index (χ1v) is 14.8. The van der Waals surface area contributed by atoms with Gasteiger partial charge in [-0.05, 0) is 94.0 Å². The number of fused-ring (bicyclic) bond motifs is 7. The van der Waals surface area contributed by atoms with Crippen LogP contribution in [0.3, 0.4) is 0 Å². The highest BCUT2D eigenvalue weighted by atomic mass is 16.3. The molecule has 9 rings (SSSR count). The van der Waals surface area contributed by atoms with Gasteiger partial charge in [0, 0.05) is 27.4 Å². The lowest BCUT2D eigenvalue weighted by atomic mass is 9.81. The maximum atomic E-state index is 6.02. The van der Waals surface area contributed by atoms with E-state index in [1.807, 2.05) is 24.3 Å². The fourth-order valence-electron chi connectivity index (χ4n) is 7.06. The summed E-state index contributed by atoms with van der Waals surface area (Å²) < 4.78 is 8.38. The Bertz CT molecular complexity index is 2340. The van der Waals surface area contributed by atoms with E-state index in [4.69, 9.17) is 4.42 Å². The smallest absolute Gasteiger partial charge is 0.227 e. The van der Waals surface area contributed by atoms with Crippen molar-refractivity contribution in [2.24, 2.45) is 0 Å². The molecule has 0 spiro atoms. The molecule has 0 saturated heterocycles. The van der Waals surface area contributed by atoms with E-state index in [1.54, 1.807) is 0 Å². The van der Waals surface area contributed by atoms with Gasteiger partial charge in [0.2, 0.25) is 5.89 Å². The minimum atomic E-state index is -0.0217. The molecule has 0 amide bonds. The molecule has 3 nitrogen and oxygen atoms in total. The van der Waals surface area contributed by atoms with Crippen molar-refractivity contribution in [3.05, 3.63) is 145 Å². The molecule has 3 heteroatoms. The third-order valence-corrected chi connectivity index (χ3v) is 9.26. The second-order valence-corrected chi connectivity index (χ2v) is 12.0. The van der Waals surface area contributed by atoms with Crippen molar-refractivity contribution in [2.45, 2.75) is 19.3 Å². The number of para-hydroxylation sites is 3. The van der Waals surface area contributed by atoms with Crippen LogP contribution in [0.25, 0.3) is 72.3 Å². The Kier molecular flexibility index (Phi) is 4.95. The molecule has 0 unspecified atom stereocenters. The summed E-state index contributed by atoms with van der Waals surface area (Å²) in [7, 11) is 0. The van der Waals surface area contributed by atoms with Crippen LogP contribution >= 0.6 is 0 Å². The fourth-order valence-corrected chi connectivity index (χ4v) is 7.06. The summed E-state index contributed by atoms with van der Waals surface area (Å²) in [6.07, 6.45) is 0. The molecule has 8 aromatic rings. The van der Waals surface area contributed by atoms with Crippen LogP contribution in [0, 0.1) is 0 Å². The van der Waals surface area contributed by atoms with Crippen molar-refractivity contribution in [1.29, 1.82) is 0 Å². The third-order valence-electron chi connectivity index (χ3n) is 9.26. The Morgan fingerprint density at radius 1 is 0.558 bits per heavy atom. The number of rotatable bonds is 3. The van der Waals surface area contributed by atoms with Crippen LogP contribution in [0.1, 0.15) is 25.0 Å². The first-order valence-electron chi connectivity index (χ1n) is 14.8. The molecule has 0 saturated carbocycles. The van der Waals surface area contributed by atoms with Gasteiger partial charge in [-0.15, -0.1) is 0 Å². The van der Waals surface area contributed by atoms with Crippen LogP contribution in [-0.4, -0.2) is 9.55 Å². The lowest BCUT2D eigenvalue weighted by Gasteiger charge is -2.22. The van der Waals surface area contributed by atoms with Crippen LogP contribution < -0.4 is 0 Å². The lowest BCUT2D eigenvalue weighted by Crippen LogP contribution is -2.14.